The monoisotopic (exact) mass is 442 g/mol. The molecule has 2 aromatic carbocycles. The highest BCUT2D eigenvalue weighted by Gasteiger charge is 2.20. The van der Waals surface area contributed by atoms with Gasteiger partial charge in [-0.2, -0.15) is 0 Å². The number of benzene rings is 2. The lowest BCUT2D eigenvalue weighted by Crippen LogP contribution is -2.04. The molecule has 0 saturated carbocycles. The fourth-order valence-corrected chi connectivity index (χ4v) is 2.60. The summed E-state index contributed by atoms with van der Waals surface area (Å²) < 4.78 is 26.3. The summed E-state index contributed by atoms with van der Waals surface area (Å²) in [5.74, 6) is -4.81. The van der Waals surface area contributed by atoms with Gasteiger partial charge in [0, 0.05) is 11.1 Å². The normalized spacial score (nSPS) is 10.2. The molecule has 0 aromatic heterocycles. The third-order valence-electron chi connectivity index (χ3n) is 3.18. The summed E-state index contributed by atoms with van der Waals surface area (Å²) in [7, 11) is 0. The van der Waals surface area contributed by atoms with E-state index in [-0.39, 0.29) is 21.7 Å². The first-order valence-electron chi connectivity index (χ1n) is 6.88. The lowest BCUT2D eigenvalue weighted by atomic mass is 10.1. The van der Waals surface area contributed by atoms with Crippen molar-refractivity contribution in [2.45, 2.75) is 13.2 Å². The van der Waals surface area contributed by atoms with Gasteiger partial charge in [0.1, 0.15) is 11.4 Å². The minimum absolute atomic E-state index is 0.0185. The van der Waals surface area contributed by atoms with Crippen molar-refractivity contribution < 1.29 is 38.8 Å². The summed E-state index contributed by atoms with van der Waals surface area (Å²) in [5, 5.41) is 33.3. The predicted molar refractivity (Wildman–Crippen MR) is 93.6 cm³/mol. The number of aromatic carboxylic acids is 2. The Morgan fingerprint density at radius 2 is 1.41 bits per heavy atom. The smallest absolute Gasteiger partial charge is 0.340 e. The van der Waals surface area contributed by atoms with Gasteiger partial charge in [-0.25, -0.2) is 18.4 Å². The van der Waals surface area contributed by atoms with Crippen LogP contribution >= 0.6 is 34.8 Å². The van der Waals surface area contributed by atoms with E-state index in [1.807, 2.05) is 0 Å². The van der Waals surface area contributed by atoms with Gasteiger partial charge in [-0.15, -0.1) is 0 Å². The van der Waals surface area contributed by atoms with Crippen LogP contribution in [0.4, 0.5) is 8.78 Å². The van der Waals surface area contributed by atoms with E-state index in [9.17, 15) is 18.4 Å². The Labute approximate surface area is 166 Å². The number of hydrogen-bond acceptors (Lipinski definition) is 4. The van der Waals surface area contributed by atoms with Gasteiger partial charge >= 0.3 is 11.9 Å². The number of aliphatic hydroxyl groups is 2. The molecule has 2 aromatic rings. The lowest BCUT2D eigenvalue weighted by Gasteiger charge is -2.06. The Morgan fingerprint density at radius 1 is 0.852 bits per heavy atom. The molecule has 0 amide bonds. The van der Waals surface area contributed by atoms with Gasteiger partial charge in [-0.05, 0) is 12.1 Å². The van der Waals surface area contributed by atoms with Gasteiger partial charge in [0.15, 0.2) is 5.82 Å². The average molecular weight is 444 g/mol. The first-order valence-corrected chi connectivity index (χ1v) is 8.01. The third kappa shape index (κ3) is 5.27. The molecule has 0 saturated heterocycles. The number of halogens is 5. The van der Waals surface area contributed by atoms with Crippen LogP contribution in [0.5, 0.6) is 0 Å². The summed E-state index contributed by atoms with van der Waals surface area (Å²) in [6, 6.07) is 3.46. The van der Waals surface area contributed by atoms with E-state index < -0.39 is 52.4 Å². The molecule has 0 spiro atoms. The molecule has 0 bridgehead atoms. The number of carbonyl (C=O) groups is 2. The highest BCUT2D eigenvalue weighted by molar-refractivity contribution is 6.36. The van der Waals surface area contributed by atoms with Crippen LogP contribution in [0, 0.1) is 11.6 Å². The van der Waals surface area contributed by atoms with E-state index in [2.05, 4.69) is 0 Å². The van der Waals surface area contributed by atoms with Gasteiger partial charge in [0.2, 0.25) is 0 Å². The number of aliphatic hydroxyl groups excluding tert-OH is 2. The van der Waals surface area contributed by atoms with Crippen LogP contribution in [-0.2, 0) is 13.2 Å². The molecule has 27 heavy (non-hydrogen) atoms. The van der Waals surface area contributed by atoms with E-state index in [0.29, 0.717) is 0 Å². The summed E-state index contributed by atoms with van der Waals surface area (Å²) >= 11 is 16.4. The molecule has 0 aliphatic rings. The molecule has 0 heterocycles. The van der Waals surface area contributed by atoms with E-state index in [4.69, 9.17) is 55.2 Å². The van der Waals surface area contributed by atoms with Gasteiger partial charge in [-0.1, -0.05) is 40.9 Å². The van der Waals surface area contributed by atoms with Crippen LogP contribution in [0.25, 0.3) is 0 Å². The number of rotatable bonds is 4. The molecule has 4 N–H and O–H groups in total. The molecule has 0 unspecified atom stereocenters. The van der Waals surface area contributed by atoms with Crippen molar-refractivity contribution in [3.05, 3.63) is 67.2 Å². The second-order valence-electron chi connectivity index (χ2n) is 4.85. The van der Waals surface area contributed by atoms with Crippen molar-refractivity contribution in [2.24, 2.45) is 0 Å². The number of hydrogen-bond donors (Lipinski definition) is 4. The third-order valence-corrected chi connectivity index (χ3v) is 4.26. The molecule has 11 heteroatoms. The summed E-state index contributed by atoms with van der Waals surface area (Å²) in [6.07, 6.45) is 0. The maximum Gasteiger partial charge on any atom is 0.340 e. The zero-order valence-corrected chi connectivity index (χ0v) is 15.4. The molecular weight excluding hydrogens is 433 g/mol. The average Bonchev–Trinajstić information content (AvgIpc) is 2.60. The zero-order chi connectivity index (χ0) is 20.9. The molecule has 0 aliphatic carbocycles. The minimum atomic E-state index is -1.50. The van der Waals surface area contributed by atoms with Gasteiger partial charge in [0.05, 0.1) is 33.8 Å². The Balaban J connectivity index is 0.000000271. The van der Waals surface area contributed by atoms with E-state index >= 15 is 0 Å². The van der Waals surface area contributed by atoms with Crippen LogP contribution in [0.15, 0.2) is 18.2 Å². The van der Waals surface area contributed by atoms with Gasteiger partial charge in [0.25, 0.3) is 0 Å². The van der Waals surface area contributed by atoms with Crippen LogP contribution in [0.2, 0.25) is 15.1 Å². The zero-order valence-electron chi connectivity index (χ0n) is 13.1. The largest absolute Gasteiger partial charge is 0.478 e. The van der Waals surface area contributed by atoms with E-state index in [1.165, 1.54) is 6.07 Å². The predicted octanol–water partition coefficient (Wildman–Crippen LogP) is 3.99. The standard InChI is InChI=1S/C8H5Cl2FO3.C8H6ClFO3/c9-4-1-3(2-12)6(10)7(11)5(4)8(13)14;9-6-5(8(12)13)2-1-4(3-11)7(6)10/h1,12H,2H2,(H,13,14);1-2,11H,3H2,(H,12,13). The van der Waals surface area contributed by atoms with Crippen molar-refractivity contribution >= 4 is 46.7 Å². The van der Waals surface area contributed by atoms with Crippen molar-refractivity contribution in [3.8, 4) is 0 Å². The van der Waals surface area contributed by atoms with Crippen molar-refractivity contribution in [1.82, 2.24) is 0 Å². The summed E-state index contributed by atoms with van der Waals surface area (Å²) in [5.41, 5.74) is -0.959. The second-order valence-corrected chi connectivity index (χ2v) is 6.01. The second kappa shape index (κ2) is 9.82. The summed E-state index contributed by atoms with van der Waals surface area (Å²) in [6.45, 7) is -1.01. The highest BCUT2D eigenvalue weighted by Crippen LogP contribution is 2.29. The molecule has 146 valence electrons. The first kappa shape index (κ1) is 23.1. The van der Waals surface area contributed by atoms with Crippen molar-refractivity contribution in [2.75, 3.05) is 0 Å². The maximum absolute atomic E-state index is 13.3. The van der Waals surface area contributed by atoms with Crippen LogP contribution in [0.3, 0.4) is 0 Å². The van der Waals surface area contributed by atoms with E-state index in [0.717, 1.165) is 12.1 Å². The Bertz CT molecular complexity index is 889. The Morgan fingerprint density at radius 3 is 1.85 bits per heavy atom. The van der Waals surface area contributed by atoms with Gasteiger partial charge in [-0.3, -0.25) is 0 Å². The lowest BCUT2D eigenvalue weighted by molar-refractivity contribution is 0.0683. The van der Waals surface area contributed by atoms with Crippen molar-refractivity contribution in [3.63, 3.8) is 0 Å². The fourth-order valence-electron chi connectivity index (χ4n) is 1.83. The maximum atomic E-state index is 13.3. The Kier molecular flexibility index (Phi) is 8.39. The van der Waals surface area contributed by atoms with Crippen molar-refractivity contribution in [1.29, 1.82) is 0 Å². The molecule has 0 aliphatic heterocycles. The van der Waals surface area contributed by atoms with Crippen LogP contribution < -0.4 is 0 Å². The molecule has 0 fully saturated rings. The van der Waals surface area contributed by atoms with Gasteiger partial charge < -0.3 is 20.4 Å². The number of carboxylic acid groups (broad SMARTS) is 2. The molecule has 2 rings (SSSR count). The SMILES string of the molecule is O=C(O)c1c(Cl)cc(CO)c(Cl)c1F.O=C(O)c1ccc(CO)c(F)c1Cl. The minimum Gasteiger partial charge on any atom is -0.478 e. The quantitative estimate of drug-likeness (QED) is 0.531. The van der Waals surface area contributed by atoms with E-state index in [1.54, 1.807) is 0 Å². The molecule has 0 atom stereocenters. The Hall–Kier alpha value is -1.97. The molecular formula is C16H11Cl3F2O6. The molecule has 6 nitrogen and oxygen atoms in total. The first-order chi connectivity index (χ1) is 12.6. The van der Waals surface area contributed by atoms with Crippen LogP contribution in [0.1, 0.15) is 31.8 Å². The van der Waals surface area contributed by atoms with Crippen LogP contribution in [-0.4, -0.2) is 32.4 Å². The fraction of sp³-hybridized carbons (Fsp3) is 0.125. The summed E-state index contributed by atoms with van der Waals surface area (Å²) in [4.78, 5) is 21.0. The highest BCUT2D eigenvalue weighted by atomic mass is 35.5. The molecule has 0 radical (unpaired) electrons. The number of carboxylic acids is 2. The topological polar surface area (TPSA) is 115 Å².